The molecule has 0 heterocycles. The van der Waals surface area contributed by atoms with Gasteiger partial charge in [0, 0.05) is 5.54 Å². The fraction of sp³-hybridized carbons (Fsp3) is 0.400. The zero-order valence-electron chi connectivity index (χ0n) is 8.02. The van der Waals surface area contributed by atoms with E-state index in [9.17, 15) is 13.2 Å². The molecular weight excluding hydrogens is 191 g/mol. The molecule has 0 unspecified atom stereocenters. The molecule has 1 aromatic carbocycles. The van der Waals surface area contributed by atoms with Crippen molar-refractivity contribution in [2.24, 2.45) is 5.73 Å². The molecule has 0 amide bonds. The van der Waals surface area contributed by atoms with Gasteiger partial charge in [0.05, 0.1) is 5.56 Å². The summed E-state index contributed by atoms with van der Waals surface area (Å²) < 4.78 is 38.1. The summed E-state index contributed by atoms with van der Waals surface area (Å²) in [5.41, 5.74) is 4.25. The van der Waals surface area contributed by atoms with E-state index in [-0.39, 0.29) is 5.56 Å². The fourth-order valence-corrected chi connectivity index (χ4v) is 1.32. The summed E-state index contributed by atoms with van der Waals surface area (Å²) >= 11 is 0. The largest absolute Gasteiger partial charge is 0.322 e. The third kappa shape index (κ3) is 2.07. The monoisotopic (exact) mass is 203 g/mol. The molecule has 14 heavy (non-hydrogen) atoms. The van der Waals surface area contributed by atoms with Gasteiger partial charge in [-0.1, -0.05) is 12.1 Å². The van der Waals surface area contributed by atoms with E-state index in [0.717, 1.165) is 6.07 Å². The Morgan fingerprint density at radius 1 is 1.29 bits per heavy atom. The van der Waals surface area contributed by atoms with Crippen LogP contribution < -0.4 is 5.73 Å². The van der Waals surface area contributed by atoms with E-state index < -0.39 is 23.3 Å². The fourth-order valence-electron chi connectivity index (χ4n) is 1.32. The Morgan fingerprint density at radius 3 is 2.21 bits per heavy atom. The molecule has 1 aromatic rings. The van der Waals surface area contributed by atoms with Crippen LogP contribution in [0, 0.1) is 5.82 Å². The van der Waals surface area contributed by atoms with Gasteiger partial charge in [-0.15, -0.1) is 0 Å². The van der Waals surface area contributed by atoms with Crippen molar-refractivity contribution in [3.8, 4) is 0 Å². The minimum Gasteiger partial charge on any atom is -0.322 e. The van der Waals surface area contributed by atoms with Crippen LogP contribution in [0.15, 0.2) is 18.2 Å². The molecule has 0 saturated carbocycles. The number of hydrogen-bond donors (Lipinski definition) is 1. The molecule has 0 atom stereocenters. The summed E-state index contributed by atoms with van der Waals surface area (Å²) in [6.45, 7) is 3.13. The van der Waals surface area contributed by atoms with Crippen LogP contribution in [0.3, 0.4) is 0 Å². The minimum atomic E-state index is -2.84. The first-order valence-electron chi connectivity index (χ1n) is 4.20. The second-order valence-corrected chi connectivity index (χ2v) is 3.72. The van der Waals surface area contributed by atoms with Gasteiger partial charge in [0.25, 0.3) is 6.43 Å². The third-order valence-corrected chi connectivity index (χ3v) is 1.97. The average molecular weight is 203 g/mol. The van der Waals surface area contributed by atoms with Gasteiger partial charge in [-0.25, -0.2) is 13.2 Å². The molecule has 0 fully saturated rings. The van der Waals surface area contributed by atoms with Gasteiger partial charge in [0.1, 0.15) is 5.82 Å². The lowest BCUT2D eigenvalue weighted by molar-refractivity contribution is 0.143. The van der Waals surface area contributed by atoms with Crippen molar-refractivity contribution in [3.63, 3.8) is 0 Å². The molecule has 4 heteroatoms. The number of nitrogens with two attached hydrogens (primary N) is 1. The van der Waals surface area contributed by atoms with Crippen LogP contribution in [0.25, 0.3) is 0 Å². The molecule has 0 aliphatic carbocycles. The molecule has 78 valence electrons. The zero-order chi connectivity index (χ0) is 10.9. The first kappa shape index (κ1) is 11.0. The number of alkyl halides is 2. The molecule has 0 aromatic heterocycles. The van der Waals surface area contributed by atoms with Crippen molar-refractivity contribution in [2.75, 3.05) is 0 Å². The highest BCUT2D eigenvalue weighted by Crippen LogP contribution is 2.31. The van der Waals surface area contributed by atoms with Crippen molar-refractivity contribution in [1.82, 2.24) is 0 Å². The van der Waals surface area contributed by atoms with Crippen LogP contribution in [0.1, 0.15) is 31.4 Å². The van der Waals surface area contributed by atoms with Gasteiger partial charge < -0.3 is 5.73 Å². The second kappa shape index (κ2) is 3.61. The predicted molar refractivity (Wildman–Crippen MR) is 48.6 cm³/mol. The maximum absolute atomic E-state index is 13.1. The Balaban J connectivity index is 3.36. The highest BCUT2D eigenvalue weighted by Gasteiger charge is 2.25. The summed E-state index contributed by atoms with van der Waals surface area (Å²) in [5.74, 6) is -0.906. The maximum Gasteiger partial charge on any atom is 0.267 e. The number of hydrogen-bond acceptors (Lipinski definition) is 1. The Morgan fingerprint density at radius 2 is 1.86 bits per heavy atom. The van der Waals surface area contributed by atoms with Crippen LogP contribution >= 0.6 is 0 Å². The van der Waals surface area contributed by atoms with Crippen LogP contribution in [0.4, 0.5) is 13.2 Å². The second-order valence-electron chi connectivity index (χ2n) is 3.72. The molecule has 1 nitrogen and oxygen atoms in total. The summed E-state index contributed by atoms with van der Waals surface area (Å²) in [6.07, 6.45) is -2.84. The van der Waals surface area contributed by atoms with E-state index in [1.165, 1.54) is 12.1 Å². The third-order valence-electron chi connectivity index (χ3n) is 1.97. The lowest BCUT2D eigenvalue weighted by Gasteiger charge is -2.22. The van der Waals surface area contributed by atoms with E-state index in [1.54, 1.807) is 13.8 Å². The lowest BCUT2D eigenvalue weighted by Crippen LogP contribution is -2.30. The molecule has 0 aliphatic rings. The van der Waals surface area contributed by atoms with Crippen LogP contribution in [-0.2, 0) is 5.54 Å². The summed E-state index contributed by atoms with van der Waals surface area (Å²) in [5, 5.41) is 0. The highest BCUT2D eigenvalue weighted by molar-refractivity contribution is 5.34. The molecule has 0 aliphatic heterocycles. The van der Waals surface area contributed by atoms with Gasteiger partial charge >= 0.3 is 0 Å². The standard InChI is InChI=1S/C10H12F3N/c1-10(2,14)6-4-3-5-7(11)8(6)9(12)13/h3-5,9H,14H2,1-2H3. The zero-order valence-corrected chi connectivity index (χ0v) is 8.02. The molecule has 0 radical (unpaired) electrons. The first-order valence-corrected chi connectivity index (χ1v) is 4.20. The SMILES string of the molecule is CC(C)(N)c1cccc(F)c1C(F)F. The van der Waals surface area contributed by atoms with Crippen molar-refractivity contribution in [1.29, 1.82) is 0 Å². The van der Waals surface area contributed by atoms with Crippen LogP contribution in [0.5, 0.6) is 0 Å². The van der Waals surface area contributed by atoms with Gasteiger partial charge in [0.2, 0.25) is 0 Å². The lowest BCUT2D eigenvalue weighted by atomic mass is 9.91. The average Bonchev–Trinajstić information content (AvgIpc) is 2.01. The van der Waals surface area contributed by atoms with Crippen molar-refractivity contribution in [3.05, 3.63) is 35.1 Å². The quantitative estimate of drug-likeness (QED) is 0.785. The normalized spacial score (nSPS) is 12.2. The summed E-state index contributed by atoms with van der Waals surface area (Å²) in [4.78, 5) is 0. The Kier molecular flexibility index (Phi) is 2.85. The number of benzene rings is 1. The van der Waals surface area contributed by atoms with E-state index >= 15 is 0 Å². The van der Waals surface area contributed by atoms with Crippen molar-refractivity contribution < 1.29 is 13.2 Å². The van der Waals surface area contributed by atoms with Crippen LogP contribution in [-0.4, -0.2) is 0 Å². The van der Waals surface area contributed by atoms with E-state index in [4.69, 9.17) is 5.73 Å². The van der Waals surface area contributed by atoms with E-state index in [2.05, 4.69) is 0 Å². The summed E-state index contributed by atoms with van der Waals surface area (Å²) in [6, 6.07) is 3.81. The Hall–Kier alpha value is -1.03. The van der Waals surface area contributed by atoms with Gasteiger partial charge in [0.15, 0.2) is 0 Å². The molecule has 2 N–H and O–H groups in total. The molecule has 0 spiro atoms. The minimum absolute atomic E-state index is 0.146. The first-order chi connectivity index (χ1) is 6.34. The van der Waals surface area contributed by atoms with Gasteiger partial charge in [-0.05, 0) is 25.5 Å². The van der Waals surface area contributed by atoms with E-state index in [1.807, 2.05) is 0 Å². The Labute approximate surface area is 80.7 Å². The van der Waals surface area contributed by atoms with Gasteiger partial charge in [-0.3, -0.25) is 0 Å². The smallest absolute Gasteiger partial charge is 0.267 e. The molecule has 1 rings (SSSR count). The topological polar surface area (TPSA) is 26.0 Å². The number of rotatable bonds is 2. The molecule has 0 bridgehead atoms. The van der Waals surface area contributed by atoms with Gasteiger partial charge in [-0.2, -0.15) is 0 Å². The highest BCUT2D eigenvalue weighted by atomic mass is 19.3. The Bertz CT molecular complexity index is 329. The molecular formula is C10H12F3N. The van der Waals surface area contributed by atoms with Crippen LogP contribution in [0.2, 0.25) is 0 Å². The maximum atomic E-state index is 13.1. The number of halogens is 3. The van der Waals surface area contributed by atoms with Crippen molar-refractivity contribution >= 4 is 0 Å². The summed E-state index contributed by atoms with van der Waals surface area (Å²) in [7, 11) is 0. The van der Waals surface area contributed by atoms with E-state index in [0.29, 0.717) is 0 Å². The molecule has 0 saturated heterocycles. The predicted octanol–water partition coefficient (Wildman–Crippen LogP) is 2.96. The van der Waals surface area contributed by atoms with Crippen molar-refractivity contribution in [2.45, 2.75) is 25.8 Å².